The number of carboxylic acid groups (broad SMARTS) is 2. The van der Waals surface area contributed by atoms with E-state index >= 15 is 0 Å². The molecule has 360 valence electrons. The van der Waals surface area contributed by atoms with Gasteiger partial charge in [0.15, 0.2) is 0 Å². The van der Waals surface area contributed by atoms with Crippen molar-refractivity contribution in [3.05, 3.63) is 0 Å². The number of carbonyl (C=O) groups is 2. The molecule has 0 rings (SSSR count). The van der Waals surface area contributed by atoms with E-state index in [-0.39, 0.29) is 0 Å². The monoisotopic (exact) mass is 1070 g/mol. The van der Waals surface area contributed by atoms with E-state index in [1.54, 1.807) is 65.1 Å². The van der Waals surface area contributed by atoms with E-state index in [1.165, 1.54) is 200 Å². The molecule has 0 saturated carbocycles. The SMILES string of the molecule is CCCCCCC[CH2][Sn+]([CH2]CCCCCCC)[CH2]CCCCCCC.CCCCCCC[CH2][Sn+]([CH2]CCCCCCC)[CH2]CCCCCCC.CN.O=C([O-])CCC(=O)[O-]. The minimum absolute atomic E-state index is 0.470. The first-order valence-corrected chi connectivity index (χ1v) is 39.1. The largest absolute Gasteiger partial charge is 0.550 e. The first kappa shape index (κ1) is 67.1. The third kappa shape index (κ3) is 67.6. The number of nitrogens with two attached hydrogens (primary N) is 1. The predicted octanol–water partition coefficient (Wildman–Crippen LogP) is 16.0. The molecule has 0 unspecified atom stereocenters. The van der Waals surface area contributed by atoms with Gasteiger partial charge in [-0.3, -0.25) is 0 Å². The molecule has 0 aliphatic rings. The summed E-state index contributed by atoms with van der Waals surface area (Å²) in [5.41, 5.74) is 4.50. The van der Waals surface area contributed by atoms with Crippen molar-refractivity contribution in [2.24, 2.45) is 5.73 Å². The average Bonchev–Trinajstić information content (AvgIpc) is 3.25. The van der Waals surface area contributed by atoms with Crippen LogP contribution in [0.3, 0.4) is 0 Å². The van der Waals surface area contributed by atoms with Crippen LogP contribution in [0.15, 0.2) is 0 Å². The number of rotatable bonds is 45. The Morgan fingerprint density at radius 3 is 0.550 bits per heavy atom. The van der Waals surface area contributed by atoms with Crippen LogP contribution in [0.5, 0.6) is 0 Å². The third-order valence-electron chi connectivity index (χ3n) is 11.8. The maximum absolute atomic E-state index is 9.50. The molecule has 0 spiro atoms. The van der Waals surface area contributed by atoms with Gasteiger partial charge in [-0.15, -0.1) is 0 Å². The molecule has 0 atom stereocenters. The van der Waals surface area contributed by atoms with Gasteiger partial charge in [-0.25, -0.2) is 0 Å². The second-order valence-corrected chi connectivity index (χ2v) is 35.0. The third-order valence-corrected chi connectivity index (χ3v) is 30.0. The molecule has 7 heteroatoms. The Bertz CT molecular complexity index is 633. The standard InChI is InChI=1S/6C8H17.C4H6O4.CH5N.2Sn/c6*1-3-5-7-8-6-4-2;5-3(6)1-2-4(7)8;1-2;;/h6*1,3-8H2,2H3;1-2H2,(H,5,6)(H,7,8);2H2,1H3;;/q;;;;;;;;2*+1/p-2. The van der Waals surface area contributed by atoms with Crippen LogP contribution in [0.25, 0.3) is 0 Å². The zero-order valence-electron chi connectivity index (χ0n) is 42.3. The zero-order valence-corrected chi connectivity index (χ0v) is 48.0. The van der Waals surface area contributed by atoms with Crippen molar-refractivity contribution >= 4 is 51.5 Å². The first-order chi connectivity index (χ1) is 29.3. The number of aliphatic carboxylic acids is 2. The molecular weight excluding hydrogens is 952 g/mol. The maximum Gasteiger partial charge on any atom is 0.0418 e. The zero-order chi connectivity index (χ0) is 45.4. The Morgan fingerprint density at radius 2 is 0.417 bits per heavy atom. The van der Waals surface area contributed by atoms with Crippen molar-refractivity contribution in [3.63, 3.8) is 0 Å². The summed E-state index contributed by atoms with van der Waals surface area (Å²) in [6.07, 6.45) is 52.9. The van der Waals surface area contributed by atoms with Gasteiger partial charge in [0, 0.05) is 11.9 Å². The van der Waals surface area contributed by atoms with E-state index in [9.17, 15) is 19.8 Å². The van der Waals surface area contributed by atoms with Crippen LogP contribution in [-0.2, 0) is 9.59 Å². The van der Waals surface area contributed by atoms with Crippen molar-refractivity contribution in [2.75, 3.05) is 7.05 Å². The Labute approximate surface area is 393 Å². The molecule has 0 aromatic carbocycles. The van der Waals surface area contributed by atoms with Crippen molar-refractivity contribution in [3.8, 4) is 0 Å². The van der Waals surface area contributed by atoms with E-state index in [0.717, 1.165) is 0 Å². The van der Waals surface area contributed by atoms with Crippen LogP contribution >= 0.6 is 0 Å². The average molecular weight is 1060 g/mol. The summed E-state index contributed by atoms with van der Waals surface area (Å²) < 4.78 is 10.3. The van der Waals surface area contributed by atoms with E-state index in [0.29, 0.717) is 0 Å². The van der Waals surface area contributed by atoms with Crippen LogP contribution in [0.2, 0.25) is 26.6 Å². The summed E-state index contributed by atoms with van der Waals surface area (Å²) in [5, 5.41) is 19.0. The van der Waals surface area contributed by atoms with Crippen molar-refractivity contribution < 1.29 is 19.8 Å². The normalized spacial score (nSPS) is 10.5. The smallest absolute Gasteiger partial charge is 0.0418 e. The maximum atomic E-state index is 9.50. The van der Waals surface area contributed by atoms with E-state index in [4.69, 9.17) is 0 Å². The van der Waals surface area contributed by atoms with E-state index in [2.05, 4.69) is 47.3 Å². The van der Waals surface area contributed by atoms with Crippen LogP contribution < -0.4 is 15.9 Å². The molecular formula is C53H111NO4Sn2. The summed E-state index contributed by atoms with van der Waals surface area (Å²) in [6.45, 7) is 14.0. The summed E-state index contributed by atoms with van der Waals surface area (Å²) in [5.74, 6) is -2.73. The molecule has 5 nitrogen and oxygen atoms in total. The van der Waals surface area contributed by atoms with Gasteiger partial charge in [-0.2, -0.15) is 0 Å². The number of hydrogen-bond donors (Lipinski definition) is 1. The first-order valence-electron chi connectivity index (χ1n) is 27.0. The fourth-order valence-corrected chi connectivity index (χ4v) is 25.0. The molecule has 0 aromatic heterocycles. The second-order valence-electron chi connectivity index (χ2n) is 17.9. The van der Waals surface area contributed by atoms with Crippen LogP contribution in [0, 0.1) is 0 Å². The fraction of sp³-hybridized carbons (Fsp3) is 0.962. The fourth-order valence-electron chi connectivity index (χ4n) is 7.89. The molecule has 0 bridgehead atoms. The minimum atomic E-state index is -1.37. The van der Waals surface area contributed by atoms with Gasteiger partial charge in [-0.1, -0.05) is 0 Å². The van der Waals surface area contributed by atoms with Gasteiger partial charge in [0.05, 0.1) is 0 Å². The summed E-state index contributed by atoms with van der Waals surface area (Å²) in [7, 11) is 1.50. The number of carbonyl (C=O) groups excluding carboxylic acids is 2. The van der Waals surface area contributed by atoms with Gasteiger partial charge in [0.25, 0.3) is 0 Å². The van der Waals surface area contributed by atoms with E-state index in [1.807, 2.05) is 0 Å². The van der Waals surface area contributed by atoms with Gasteiger partial charge < -0.3 is 25.5 Å². The predicted molar refractivity (Wildman–Crippen MR) is 270 cm³/mol. The Kier molecular flexibility index (Phi) is 71.3. The summed E-state index contributed by atoms with van der Waals surface area (Å²) in [4.78, 5) is 19.0. The topological polar surface area (TPSA) is 106 Å². The Balaban J connectivity index is -0.000000427. The van der Waals surface area contributed by atoms with Crippen LogP contribution in [0.1, 0.15) is 286 Å². The number of unbranched alkanes of at least 4 members (excludes halogenated alkanes) is 30. The van der Waals surface area contributed by atoms with Gasteiger partial charge >= 0.3 is 339 Å². The second kappa shape index (κ2) is 63.8. The van der Waals surface area contributed by atoms with Gasteiger partial charge in [0.1, 0.15) is 0 Å². The molecule has 60 heavy (non-hydrogen) atoms. The summed E-state index contributed by atoms with van der Waals surface area (Å²) in [6, 6.07) is 0. The number of carboxylic acids is 2. The molecule has 0 radical (unpaired) electrons. The number of hydrogen-bond acceptors (Lipinski definition) is 5. The molecule has 0 amide bonds. The molecule has 0 heterocycles. The van der Waals surface area contributed by atoms with Crippen molar-refractivity contribution in [1.29, 1.82) is 0 Å². The Morgan fingerprint density at radius 1 is 0.283 bits per heavy atom. The minimum Gasteiger partial charge on any atom is -0.550 e. The van der Waals surface area contributed by atoms with Gasteiger partial charge in [-0.05, 0) is 19.9 Å². The van der Waals surface area contributed by atoms with Crippen LogP contribution in [0.4, 0.5) is 0 Å². The van der Waals surface area contributed by atoms with Gasteiger partial charge in [0.2, 0.25) is 0 Å². The van der Waals surface area contributed by atoms with Crippen molar-refractivity contribution in [1.82, 2.24) is 0 Å². The summed E-state index contributed by atoms with van der Waals surface area (Å²) >= 11 is -2.03. The molecule has 0 saturated heterocycles. The molecule has 0 aliphatic carbocycles. The molecule has 0 aromatic rings. The molecule has 2 N–H and O–H groups in total. The molecule has 0 aliphatic heterocycles. The quantitative estimate of drug-likeness (QED) is 0.0483. The molecule has 0 fully saturated rings. The van der Waals surface area contributed by atoms with Crippen molar-refractivity contribution in [2.45, 2.75) is 312 Å². The van der Waals surface area contributed by atoms with E-state index < -0.39 is 64.3 Å². The van der Waals surface area contributed by atoms with Crippen LogP contribution in [-0.4, -0.2) is 58.5 Å². The Hall–Kier alpha value is 0.497.